The maximum absolute atomic E-state index is 12.6. The number of rotatable bonds is 2. The number of hydrogen-bond acceptors (Lipinski definition) is 2. The van der Waals surface area contributed by atoms with Gasteiger partial charge >= 0.3 is 0 Å². The lowest BCUT2D eigenvalue weighted by Crippen LogP contribution is -2.58. The van der Waals surface area contributed by atoms with Crippen LogP contribution in [0.4, 0.5) is 5.69 Å². The lowest BCUT2D eigenvalue weighted by atomic mass is 9.99. The van der Waals surface area contributed by atoms with Crippen LogP contribution in [0, 0.1) is 0 Å². The van der Waals surface area contributed by atoms with Gasteiger partial charge in [-0.25, -0.2) is 0 Å². The normalized spacial score (nSPS) is 22.0. The van der Waals surface area contributed by atoms with E-state index >= 15 is 0 Å². The van der Waals surface area contributed by atoms with Crippen molar-refractivity contribution >= 4 is 17.5 Å². The number of hydrogen-bond donors (Lipinski definition) is 1. The SMILES string of the molecule is CC1NC(=O)C(c2ccccc2)N(c2ccccc2)C1=O. The van der Waals surface area contributed by atoms with Crippen LogP contribution in [0.1, 0.15) is 18.5 Å². The fraction of sp³-hybridized carbons (Fsp3) is 0.176. The first kappa shape index (κ1) is 13.4. The summed E-state index contributed by atoms with van der Waals surface area (Å²) in [5.41, 5.74) is 1.54. The second-order valence-corrected chi connectivity index (χ2v) is 5.09. The van der Waals surface area contributed by atoms with Crippen LogP contribution in [0.15, 0.2) is 60.7 Å². The lowest BCUT2D eigenvalue weighted by Gasteiger charge is -2.38. The van der Waals surface area contributed by atoms with Gasteiger partial charge in [0.2, 0.25) is 11.8 Å². The van der Waals surface area contributed by atoms with Gasteiger partial charge in [-0.1, -0.05) is 48.5 Å². The fourth-order valence-electron chi connectivity index (χ4n) is 2.61. The first-order valence-corrected chi connectivity index (χ1v) is 6.92. The van der Waals surface area contributed by atoms with Gasteiger partial charge in [-0.2, -0.15) is 0 Å². The molecule has 0 aliphatic carbocycles. The first-order chi connectivity index (χ1) is 10.2. The van der Waals surface area contributed by atoms with E-state index in [0.717, 1.165) is 11.3 Å². The summed E-state index contributed by atoms with van der Waals surface area (Å²) in [6.45, 7) is 1.71. The predicted molar refractivity (Wildman–Crippen MR) is 80.7 cm³/mol. The molecule has 2 amide bonds. The molecule has 106 valence electrons. The highest BCUT2D eigenvalue weighted by Gasteiger charge is 2.40. The smallest absolute Gasteiger partial charge is 0.250 e. The molecule has 0 spiro atoms. The Bertz CT molecular complexity index is 655. The summed E-state index contributed by atoms with van der Waals surface area (Å²) in [7, 11) is 0. The molecule has 1 aliphatic rings. The minimum absolute atomic E-state index is 0.102. The van der Waals surface area contributed by atoms with Crippen LogP contribution in [0.3, 0.4) is 0 Å². The van der Waals surface area contributed by atoms with Gasteiger partial charge in [0.05, 0.1) is 0 Å². The summed E-state index contributed by atoms with van der Waals surface area (Å²) < 4.78 is 0. The van der Waals surface area contributed by atoms with Gasteiger partial charge in [-0.05, 0) is 24.6 Å². The van der Waals surface area contributed by atoms with E-state index in [2.05, 4.69) is 5.32 Å². The van der Waals surface area contributed by atoms with Gasteiger partial charge in [0, 0.05) is 5.69 Å². The number of carbonyl (C=O) groups excluding carboxylic acids is 2. The number of amides is 2. The maximum atomic E-state index is 12.6. The van der Waals surface area contributed by atoms with Gasteiger partial charge in [-0.15, -0.1) is 0 Å². The molecule has 0 radical (unpaired) electrons. The second kappa shape index (κ2) is 5.40. The Balaban J connectivity index is 2.09. The highest BCUT2D eigenvalue weighted by atomic mass is 16.2. The zero-order chi connectivity index (χ0) is 14.8. The molecular weight excluding hydrogens is 264 g/mol. The van der Waals surface area contributed by atoms with Gasteiger partial charge in [0.1, 0.15) is 12.1 Å². The highest BCUT2D eigenvalue weighted by molar-refractivity contribution is 6.08. The number of benzene rings is 2. The summed E-state index contributed by atoms with van der Waals surface area (Å²) >= 11 is 0. The molecule has 21 heavy (non-hydrogen) atoms. The van der Waals surface area contributed by atoms with Crippen molar-refractivity contribution in [3.63, 3.8) is 0 Å². The zero-order valence-electron chi connectivity index (χ0n) is 11.7. The van der Waals surface area contributed by atoms with E-state index in [1.54, 1.807) is 11.8 Å². The van der Waals surface area contributed by atoms with E-state index in [1.165, 1.54) is 0 Å². The number of piperazine rings is 1. The molecule has 2 aromatic carbocycles. The highest BCUT2D eigenvalue weighted by Crippen LogP contribution is 2.30. The topological polar surface area (TPSA) is 49.4 Å². The van der Waals surface area contributed by atoms with E-state index in [4.69, 9.17) is 0 Å². The van der Waals surface area contributed by atoms with Crippen molar-refractivity contribution in [2.75, 3.05) is 4.90 Å². The quantitative estimate of drug-likeness (QED) is 0.917. The zero-order valence-corrected chi connectivity index (χ0v) is 11.7. The number of carbonyl (C=O) groups is 2. The van der Waals surface area contributed by atoms with Crippen LogP contribution < -0.4 is 10.2 Å². The third kappa shape index (κ3) is 2.40. The molecular formula is C17H16N2O2. The fourth-order valence-corrected chi connectivity index (χ4v) is 2.61. The van der Waals surface area contributed by atoms with Crippen LogP contribution in [0.25, 0.3) is 0 Å². The van der Waals surface area contributed by atoms with Crippen LogP contribution in [0.2, 0.25) is 0 Å². The van der Waals surface area contributed by atoms with Crippen LogP contribution in [0.5, 0.6) is 0 Å². The number of para-hydroxylation sites is 1. The Kier molecular flexibility index (Phi) is 3.44. The van der Waals surface area contributed by atoms with Crippen molar-refractivity contribution in [2.24, 2.45) is 0 Å². The Morgan fingerprint density at radius 3 is 2.10 bits per heavy atom. The van der Waals surface area contributed by atoms with Gasteiger partial charge in [0.15, 0.2) is 0 Å². The van der Waals surface area contributed by atoms with Crippen molar-refractivity contribution in [2.45, 2.75) is 19.0 Å². The van der Waals surface area contributed by atoms with Crippen LogP contribution >= 0.6 is 0 Å². The average Bonchev–Trinajstić information content (AvgIpc) is 2.52. The molecule has 1 heterocycles. The minimum Gasteiger partial charge on any atom is -0.342 e. The van der Waals surface area contributed by atoms with Crippen molar-refractivity contribution in [3.05, 3.63) is 66.2 Å². The average molecular weight is 280 g/mol. The standard InChI is InChI=1S/C17H16N2O2/c1-12-17(21)19(14-10-6-3-7-11-14)15(16(20)18-12)13-8-4-2-5-9-13/h2-12,15H,1H3,(H,18,20). The molecule has 1 N–H and O–H groups in total. The maximum Gasteiger partial charge on any atom is 0.250 e. The van der Waals surface area contributed by atoms with Crippen molar-refractivity contribution in [1.82, 2.24) is 5.32 Å². The molecule has 4 heteroatoms. The molecule has 0 saturated carbocycles. The third-order valence-electron chi connectivity index (χ3n) is 3.62. The molecule has 3 rings (SSSR count). The minimum atomic E-state index is -0.628. The predicted octanol–water partition coefficient (Wildman–Crippen LogP) is 2.28. The largest absolute Gasteiger partial charge is 0.342 e. The van der Waals surface area contributed by atoms with E-state index < -0.39 is 12.1 Å². The summed E-state index contributed by atoms with van der Waals surface area (Å²) in [5.74, 6) is -0.258. The molecule has 2 aromatic rings. The van der Waals surface area contributed by atoms with E-state index in [9.17, 15) is 9.59 Å². The molecule has 0 bridgehead atoms. The summed E-state index contributed by atoms with van der Waals surface area (Å²) in [5, 5.41) is 2.75. The lowest BCUT2D eigenvalue weighted by molar-refractivity contribution is -0.133. The summed E-state index contributed by atoms with van der Waals surface area (Å²) in [6, 6.07) is 17.5. The van der Waals surface area contributed by atoms with E-state index in [-0.39, 0.29) is 11.8 Å². The molecule has 0 aromatic heterocycles. The molecule has 2 atom stereocenters. The summed E-state index contributed by atoms with van der Waals surface area (Å²) in [6.07, 6.45) is 0. The van der Waals surface area contributed by atoms with Gasteiger partial charge < -0.3 is 5.32 Å². The third-order valence-corrected chi connectivity index (χ3v) is 3.62. The van der Waals surface area contributed by atoms with E-state index in [0.29, 0.717) is 0 Å². The Morgan fingerprint density at radius 1 is 0.905 bits per heavy atom. The number of anilines is 1. The molecule has 1 aliphatic heterocycles. The number of nitrogens with zero attached hydrogens (tertiary/aromatic N) is 1. The first-order valence-electron chi connectivity index (χ1n) is 6.92. The molecule has 2 unspecified atom stereocenters. The number of nitrogens with one attached hydrogen (secondary N) is 1. The second-order valence-electron chi connectivity index (χ2n) is 5.09. The van der Waals surface area contributed by atoms with Gasteiger partial charge in [-0.3, -0.25) is 14.5 Å². The van der Waals surface area contributed by atoms with Crippen LogP contribution in [-0.4, -0.2) is 17.9 Å². The molecule has 4 nitrogen and oxygen atoms in total. The Morgan fingerprint density at radius 2 is 1.48 bits per heavy atom. The van der Waals surface area contributed by atoms with Gasteiger partial charge in [0.25, 0.3) is 0 Å². The van der Waals surface area contributed by atoms with Crippen molar-refractivity contribution in [3.8, 4) is 0 Å². The van der Waals surface area contributed by atoms with Crippen LogP contribution in [-0.2, 0) is 9.59 Å². The summed E-state index contributed by atoms with van der Waals surface area (Å²) in [4.78, 5) is 26.6. The Labute approximate surface area is 123 Å². The van der Waals surface area contributed by atoms with Crippen molar-refractivity contribution < 1.29 is 9.59 Å². The van der Waals surface area contributed by atoms with Crippen molar-refractivity contribution in [1.29, 1.82) is 0 Å². The monoisotopic (exact) mass is 280 g/mol. The van der Waals surface area contributed by atoms with E-state index in [1.807, 2.05) is 60.7 Å². The Hall–Kier alpha value is -2.62. The molecule has 1 fully saturated rings. The molecule has 1 saturated heterocycles.